The normalized spacial score (nSPS) is 11.4. The van der Waals surface area contributed by atoms with Crippen molar-refractivity contribution in [1.29, 1.82) is 0 Å². The van der Waals surface area contributed by atoms with Crippen molar-refractivity contribution >= 4 is 26.7 Å². The van der Waals surface area contributed by atoms with Crippen molar-refractivity contribution in [1.82, 2.24) is 4.98 Å². The molecule has 0 aliphatic heterocycles. The average Bonchev–Trinajstić information content (AvgIpc) is 2.44. The van der Waals surface area contributed by atoms with Crippen molar-refractivity contribution in [2.75, 3.05) is 12.9 Å². The number of aromatic nitrogens is 1. The lowest BCUT2D eigenvalue weighted by Crippen LogP contribution is -2.12. The minimum absolute atomic E-state index is 0.149. The molecule has 19 heavy (non-hydrogen) atoms. The summed E-state index contributed by atoms with van der Waals surface area (Å²) >= 11 is 0. The molecule has 0 fully saturated rings. The highest BCUT2D eigenvalue weighted by Gasteiger charge is 2.17. The van der Waals surface area contributed by atoms with Gasteiger partial charge in [0.05, 0.1) is 29.7 Å². The fourth-order valence-electron chi connectivity index (χ4n) is 1.68. The fourth-order valence-corrected chi connectivity index (χ4v) is 2.94. The Morgan fingerprint density at radius 3 is 2.84 bits per heavy atom. The topological polar surface area (TPSA) is 73.3 Å². The Morgan fingerprint density at radius 2 is 2.11 bits per heavy atom. The van der Waals surface area contributed by atoms with E-state index in [4.69, 9.17) is 0 Å². The van der Waals surface area contributed by atoms with E-state index in [2.05, 4.69) is 9.72 Å². The molecule has 0 aliphatic carbocycles. The maximum Gasteiger partial charge on any atom is 0.306 e. The third kappa shape index (κ3) is 3.08. The Morgan fingerprint density at radius 1 is 1.32 bits per heavy atom. The number of fused-ring (bicyclic) bond motifs is 1. The number of carbonyl (C=O) groups excluding carboxylic acids is 1. The Balaban J connectivity index is 2.30. The molecule has 0 unspecified atom stereocenters. The maximum absolute atomic E-state index is 12.1. The van der Waals surface area contributed by atoms with E-state index in [-0.39, 0.29) is 17.1 Å². The minimum atomic E-state index is -3.49. The molecule has 2 rings (SSSR count). The van der Waals surface area contributed by atoms with E-state index < -0.39 is 15.8 Å². The predicted molar refractivity (Wildman–Crippen MR) is 70.4 cm³/mol. The smallest absolute Gasteiger partial charge is 0.306 e. The van der Waals surface area contributed by atoms with Crippen LogP contribution in [0.4, 0.5) is 0 Å². The van der Waals surface area contributed by atoms with Gasteiger partial charge in [-0.2, -0.15) is 0 Å². The first-order valence-corrected chi connectivity index (χ1v) is 7.32. The maximum atomic E-state index is 12.1. The van der Waals surface area contributed by atoms with E-state index in [9.17, 15) is 13.2 Å². The molecule has 0 saturated heterocycles. The van der Waals surface area contributed by atoms with E-state index in [1.54, 1.807) is 30.5 Å². The van der Waals surface area contributed by atoms with Gasteiger partial charge in [0, 0.05) is 11.6 Å². The first kappa shape index (κ1) is 13.5. The summed E-state index contributed by atoms with van der Waals surface area (Å²) in [7, 11) is -2.25. The van der Waals surface area contributed by atoms with Gasteiger partial charge >= 0.3 is 5.97 Å². The predicted octanol–water partition coefficient (Wildman–Crippen LogP) is 1.57. The van der Waals surface area contributed by atoms with Gasteiger partial charge in [-0.15, -0.1) is 0 Å². The van der Waals surface area contributed by atoms with Gasteiger partial charge in [-0.1, -0.05) is 6.07 Å². The number of methoxy groups -OCH3 is 1. The molecule has 1 aromatic carbocycles. The monoisotopic (exact) mass is 279 g/mol. The number of benzene rings is 1. The second-order valence-corrected chi connectivity index (χ2v) is 6.11. The van der Waals surface area contributed by atoms with Gasteiger partial charge in [-0.25, -0.2) is 8.42 Å². The first-order valence-electron chi connectivity index (χ1n) is 5.67. The van der Waals surface area contributed by atoms with E-state index in [0.29, 0.717) is 0 Å². The van der Waals surface area contributed by atoms with Crippen LogP contribution in [0.3, 0.4) is 0 Å². The van der Waals surface area contributed by atoms with Crippen molar-refractivity contribution in [3.63, 3.8) is 0 Å². The number of rotatable bonds is 4. The first-order chi connectivity index (χ1) is 9.03. The molecule has 0 amide bonds. The van der Waals surface area contributed by atoms with Crippen LogP contribution in [0.2, 0.25) is 0 Å². The average molecular weight is 279 g/mol. The Hall–Kier alpha value is -1.95. The molecule has 0 radical (unpaired) electrons. The summed E-state index contributed by atoms with van der Waals surface area (Å²) in [5.41, 5.74) is 0.731. The molecular weight excluding hydrogens is 266 g/mol. The van der Waals surface area contributed by atoms with Crippen molar-refractivity contribution in [3.05, 3.63) is 36.5 Å². The third-order valence-corrected chi connectivity index (χ3v) is 4.45. The number of hydrogen-bond donors (Lipinski definition) is 0. The molecule has 1 aromatic heterocycles. The Kier molecular flexibility index (Phi) is 3.80. The summed E-state index contributed by atoms with van der Waals surface area (Å²) in [6, 6.07) is 8.26. The SMILES string of the molecule is COC(=O)CCS(=O)(=O)c1ccc2ncccc2c1. The molecule has 1 heterocycles. The summed E-state index contributed by atoms with van der Waals surface area (Å²) in [4.78, 5) is 15.3. The number of nitrogens with zero attached hydrogens (tertiary/aromatic N) is 1. The van der Waals surface area contributed by atoms with Gasteiger partial charge in [0.2, 0.25) is 0 Å². The lowest BCUT2D eigenvalue weighted by atomic mass is 10.2. The molecule has 0 saturated carbocycles. The standard InChI is InChI=1S/C13H13NO4S/c1-18-13(15)6-8-19(16,17)11-4-5-12-10(9-11)3-2-7-14-12/h2-5,7,9H,6,8H2,1H3. The number of carbonyl (C=O) groups is 1. The zero-order valence-corrected chi connectivity index (χ0v) is 11.2. The van der Waals surface area contributed by atoms with E-state index in [1.807, 2.05) is 0 Å². The van der Waals surface area contributed by atoms with Crippen molar-refractivity contribution in [2.24, 2.45) is 0 Å². The molecule has 5 nitrogen and oxygen atoms in total. The lowest BCUT2D eigenvalue weighted by Gasteiger charge is -2.05. The van der Waals surface area contributed by atoms with Crippen LogP contribution in [0.25, 0.3) is 10.9 Å². The zero-order chi connectivity index (χ0) is 13.9. The van der Waals surface area contributed by atoms with Crippen LogP contribution >= 0.6 is 0 Å². The van der Waals surface area contributed by atoms with E-state index >= 15 is 0 Å². The second kappa shape index (κ2) is 5.36. The molecule has 2 aromatic rings. The van der Waals surface area contributed by atoms with Crippen molar-refractivity contribution in [2.45, 2.75) is 11.3 Å². The molecule has 0 spiro atoms. The third-order valence-electron chi connectivity index (χ3n) is 2.74. The number of ether oxygens (including phenoxy) is 1. The van der Waals surface area contributed by atoms with Gasteiger partial charge in [0.1, 0.15) is 0 Å². The molecule has 0 bridgehead atoms. The van der Waals surface area contributed by atoms with E-state index in [1.165, 1.54) is 13.2 Å². The largest absolute Gasteiger partial charge is 0.469 e. The Bertz CT molecular complexity index is 709. The van der Waals surface area contributed by atoms with Crippen LogP contribution in [0, 0.1) is 0 Å². The van der Waals surface area contributed by atoms with Crippen LogP contribution in [0.1, 0.15) is 6.42 Å². The van der Waals surface area contributed by atoms with Crippen LogP contribution in [0.5, 0.6) is 0 Å². The quantitative estimate of drug-likeness (QED) is 0.794. The van der Waals surface area contributed by atoms with Gasteiger partial charge in [0.15, 0.2) is 9.84 Å². The van der Waals surface area contributed by atoms with Crippen LogP contribution in [-0.4, -0.2) is 32.2 Å². The van der Waals surface area contributed by atoms with E-state index in [0.717, 1.165) is 10.9 Å². The minimum Gasteiger partial charge on any atom is -0.469 e. The highest BCUT2D eigenvalue weighted by Crippen LogP contribution is 2.18. The second-order valence-electron chi connectivity index (χ2n) is 4.00. The van der Waals surface area contributed by atoms with Crippen LogP contribution in [0.15, 0.2) is 41.4 Å². The molecule has 0 aliphatic rings. The van der Waals surface area contributed by atoms with Gasteiger partial charge in [-0.3, -0.25) is 9.78 Å². The molecule has 0 atom stereocenters. The number of hydrogen-bond acceptors (Lipinski definition) is 5. The van der Waals surface area contributed by atoms with Gasteiger partial charge in [-0.05, 0) is 24.3 Å². The highest BCUT2D eigenvalue weighted by molar-refractivity contribution is 7.91. The van der Waals surface area contributed by atoms with Crippen LogP contribution in [-0.2, 0) is 19.4 Å². The fraction of sp³-hybridized carbons (Fsp3) is 0.231. The summed E-state index contributed by atoms with van der Waals surface area (Å²) in [6.45, 7) is 0. The summed E-state index contributed by atoms with van der Waals surface area (Å²) in [5.74, 6) is -0.795. The number of pyridine rings is 1. The molecule has 0 N–H and O–H groups in total. The van der Waals surface area contributed by atoms with Gasteiger partial charge < -0.3 is 4.74 Å². The summed E-state index contributed by atoms with van der Waals surface area (Å²) < 4.78 is 28.6. The molecule has 6 heteroatoms. The molecular formula is C13H13NO4S. The summed E-state index contributed by atoms with van der Waals surface area (Å²) in [6.07, 6.45) is 1.50. The Labute approximate surface area is 111 Å². The van der Waals surface area contributed by atoms with Crippen molar-refractivity contribution in [3.8, 4) is 0 Å². The number of sulfone groups is 1. The highest BCUT2D eigenvalue weighted by atomic mass is 32.2. The zero-order valence-electron chi connectivity index (χ0n) is 10.4. The molecule has 100 valence electrons. The van der Waals surface area contributed by atoms with Crippen LogP contribution < -0.4 is 0 Å². The lowest BCUT2D eigenvalue weighted by molar-refractivity contribution is -0.140. The number of esters is 1. The summed E-state index contributed by atoms with van der Waals surface area (Å²) in [5, 5.41) is 0.752. The van der Waals surface area contributed by atoms with Gasteiger partial charge in [0.25, 0.3) is 0 Å². The van der Waals surface area contributed by atoms with Crippen molar-refractivity contribution < 1.29 is 17.9 Å².